The number of aromatic nitrogens is 2. The van der Waals surface area contributed by atoms with Gasteiger partial charge in [-0.05, 0) is 61.4 Å². The Morgan fingerprint density at radius 1 is 0.815 bits per heavy atom. The van der Waals surface area contributed by atoms with E-state index in [9.17, 15) is 4.39 Å². The lowest BCUT2D eigenvalue weighted by Crippen LogP contribution is -2.04. The molecule has 4 rings (SSSR count). The first kappa shape index (κ1) is 17.3. The van der Waals surface area contributed by atoms with E-state index in [0.717, 1.165) is 47.6 Å². The lowest BCUT2D eigenvalue weighted by Gasteiger charge is -2.10. The Morgan fingerprint density at radius 2 is 1.56 bits per heavy atom. The van der Waals surface area contributed by atoms with Gasteiger partial charge in [0.2, 0.25) is 0 Å². The van der Waals surface area contributed by atoms with Gasteiger partial charge < -0.3 is 9.30 Å². The molecule has 0 saturated carbocycles. The normalized spacial score (nSPS) is 11.0. The summed E-state index contributed by atoms with van der Waals surface area (Å²) in [5, 5.41) is 0. The first-order valence-corrected chi connectivity index (χ1v) is 9.20. The molecule has 3 aromatic carbocycles. The summed E-state index contributed by atoms with van der Waals surface area (Å²) in [7, 11) is 0. The molecule has 136 valence electrons. The number of hydrogen-bond acceptors (Lipinski definition) is 2. The Hall–Kier alpha value is -3.14. The molecule has 1 heterocycles. The molecule has 0 unspecified atom stereocenters. The van der Waals surface area contributed by atoms with Gasteiger partial charge in [-0.2, -0.15) is 0 Å². The molecule has 1 aromatic heterocycles. The smallest absolute Gasteiger partial charge is 0.141 e. The van der Waals surface area contributed by atoms with E-state index in [1.807, 2.05) is 48.5 Å². The van der Waals surface area contributed by atoms with E-state index in [-0.39, 0.29) is 5.82 Å². The van der Waals surface area contributed by atoms with Crippen molar-refractivity contribution in [2.45, 2.75) is 19.4 Å². The number of aryl methyl sites for hydroxylation is 1. The lowest BCUT2D eigenvalue weighted by atomic mass is 10.2. The Balaban J connectivity index is 1.48. The second-order valence-electron chi connectivity index (χ2n) is 6.45. The zero-order valence-corrected chi connectivity index (χ0v) is 15.0. The number of para-hydroxylation sites is 3. The first-order valence-electron chi connectivity index (χ1n) is 9.20. The van der Waals surface area contributed by atoms with Crippen LogP contribution in [0.2, 0.25) is 0 Å². The monoisotopic (exact) mass is 360 g/mol. The summed E-state index contributed by atoms with van der Waals surface area (Å²) in [4.78, 5) is 4.77. The number of rotatable bonds is 7. The first-order chi connectivity index (χ1) is 13.3. The highest BCUT2D eigenvalue weighted by atomic mass is 19.1. The van der Waals surface area contributed by atoms with Gasteiger partial charge >= 0.3 is 0 Å². The summed E-state index contributed by atoms with van der Waals surface area (Å²) in [5.74, 6) is 1.54. The fourth-order valence-corrected chi connectivity index (χ4v) is 3.20. The van der Waals surface area contributed by atoms with Gasteiger partial charge in [-0.1, -0.05) is 30.3 Å². The number of fused-ring (bicyclic) bond motifs is 1. The largest absolute Gasteiger partial charge is 0.494 e. The van der Waals surface area contributed by atoms with Crippen LogP contribution in [0.5, 0.6) is 5.75 Å². The second-order valence-corrected chi connectivity index (χ2v) is 6.45. The highest BCUT2D eigenvalue weighted by Gasteiger charge is 2.12. The standard InChI is InChI=1S/C23H21FN2O/c24-19-14-12-18(13-15-19)23-25-21-10-4-5-11-22(21)26(23)16-6-7-17-27-20-8-2-1-3-9-20/h1-5,8-15H,6-7,16-17H2. The Labute approximate surface area is 158 Å². The minimum absolute atomic E-state index is 0.237. The minimum Gasteiger partial charge on any atom is -0.494 e. The molecular weight excluding hydrogens is 339 g/mol. The van der Waals surface area contributed by atoms with E-state index in [4.69, 9.17) is 9.72 Å². The third-order valence-electron chi connectivity index (χ3n) is 4.54. The van der Waals surface area contributed by atoms with E-state index in [1.54, 1.807) is 12.1 Å². The maximum Gasteiger partial charge on any atom is 0.141 e. The van der Waals surface area contributed by atoms with E-state index in [0.29, 0.717) is 6.61 Å². The minimum atomic E-state index is -0.237. The highest BCUT2D eigenvalue weighted by molar-refractivity contribution is 5.80. The van der Waals surface area contributed by atoms with Gasteiger partial charge in [-0.25, -0.2) is 9.37 Å². The SMILES string of the molecule is Fc1ccc(-c2nc3ccccc3n2CCCCOc2ccccc2)cc1. The van der Waals surface area contributed by atoms with Gasteiger partial charge in [0.05, 0.1) is 17.6 Å². The average Bonchev–Trinajstić information content (AvgIpc) is 3.08. The van der Waals surface area contributed by atoms with Crippen LogP contribution in [0.15, 0.2) is 78.9 Å². The fraction of sp³-hybridized carbons (Fsp3) is 0.174. The molecule has 0 fully saturated rings. The zero-order valence-electron chi connectivity index (χ0n) is 15.0. The van der Waals surface area contributed by atoms with Crippen LogP contribution >= 0.6 is 0 Å². The van der Waals surface area contributed by atoms with Crippen molar-refractivity contribution in [1.29, 1.82) is 0 Å². The fourth-order valence-electron chi connectivity index (χ4n) is 3.20. The number of halogens is 1. The maximum absolute atomic E-state index is 13.3. The molecule has 0 spiro atoms. The van der Waals surface area contributed by atoms with E-state index in [2.05, 4.69) is 10.6 Å². The van der Waals surface area contributed by atoms with Crippen LogP contribution in [0.25, 0.3) is 22.4 Å². The summed E-state index contributed by atoms with van der Waals surface area (Å²) in [5.41, 5.74) is 2.98. The second kappa shape index (κ2) is 8.04. The molecule has 0 amide bonds. The molecule has 0 atom stereocenters. The Bertz CT molecular complexity index is 1010. The van der Waals surface area contributed by atoms with Gasteiger partial charge in [0.25, 0.3) is 0 Å². The number of imidazole rings is 1. The van der Waals surface area contributed by atoms with Crippen LogP contribution in [0.1, 0.15) is 12.8 Å². The summed E-state index contributed by atoms with van der Waals surface area (Å²) in [6, 6.07) is 24.5. The topological polar surface area (TPSA) is 27.1 Å². The van der Waals surface area contributed by atoms with Gasteiger partial charge in [0, 0.05) is 12.1 Å². The molecule has 0 saturated heterocycles. The predicted octanol–water partition coefficient (Wildman–Crippen LogP) is 5.70. The molecule has 4 aromatic rings. The van der Waals surface area contributed by atoms with Crippen molar-refractivity contribution < 1.29 is 9.13 Å². The predicted molar refractivity (Wildman–Crippen MR) is 106 cm³/mol. The van der Waals surface area contributed by atoms with Crippen LogP contribution in [0, 0.1) is 5.82 Å². The molecule has 0 aliphatic heterocycles. The summed E-state index contributed by atoms with van der Waals surface area (Å²) >= 11 is 0. The van der Waals surface area contributed by atoms with Crippen molar-refractivity contribution in [3.05, 3.63) is 84.7 Å². The zero-order chi connectivity index (χ0) is 18.5. The summed E-state index contributed by atoms with van der Waals surface area (Å²) in [6.07, 6.45) is 1.92. The molecule has 3 nitrogen and oxygen atoms in total. The number of nitrogens with zero attached hydrogens (tertiary/aromatic N) is 2. The molecular formula is C23H21FN2O. The van der Waals surface area contributed by atoms with E-state index in [1.165, 1.54) is 12.1 Å². The van der Waals surface area contributed by atoms with Crippen molar-refractivity contribution in [3.63, 3.8) is 0 Å². The van der Waals surface area contributed by atoms with Crippen molar-refractivity contribution in [1.82, 2.24) is 9.55 Å². The van der Waals surface area contributed by atoms with E-state index < -0.39 is 0 Å². The van der Waals surface area contributed by atoms with Gasteiger partial charge in [0.1, 0.15) is 17.4 Å². The van der Waals surface area contributed by atoms with Crippen molar-refractivity contribution >= 4 is 11.0 Å². The maximum atomic E-state index is 13.3. The van der Waals surface area contributed by atoms with Gasteiger partial charge in [-0.15, -0.1) is 0 Å². The van der Waals surface area contributed by atoms with Crippen LogP contribution < -0.4 is 4.74 Å². The molecule has 0 aliphatic rings. The number of benzene rings is 3. The van der Waals surface area contributed by atoms with Crippen LogP contribution in [0.3, 0.4) is 0 Å². The van der Waals surface area contributed by atoms with Crippen LogP contribution in [-0.2, 0) is 6.54 Å². The Kier molecular flexibility index (Phi) is 5.15. The van der Waals surface area contributed by atoms with Crippen molar-refractivity contribution in [2.75, 3.05) is 6.61 Å². The van der Waals surface area contributed by atoms with Gasteiger partial charge in [0.15, 0.2) is 0 Å². The molecule has 4 heteroatoms. The highest BCUT2D eigenvalue weighted by Crippen LogP contribution is 2.25. The van der Waals surface area contributed by atoms with Crippen LogP contribution in [-0.4, -0.2) is 16.2 Å². The van der Waals surface area contributed by atoms with Crippen molar-refractivity contribution in [3.8, 4) is 17.1 Å². The lowest BCUT2D eigenvalue weighted by molar-refractivity contribution is 0.303. The summed E-state index contributed by atoms with van der Waals surface area (Å²) in [6.45, 7) is 1.52. The summed E-state index contributed by atoms with van der Waals surface area (Å²) < 4.78 is 21.3. The van der Waals surface area contributed by atoms with Crippen LogP contribution in [0.4, 0.5) is 4.39 Å². The quantitative estimate of drug-likeness (QED) is 0.395. The molecule has 27 heavy (non-hydrogen) atoms. The average molecular weight is 360 g/mol. The number of ether oxygens (including phenoxy) is 1. The molecule has 0 aliphatic carbocycles. The molecule has 0 N–H and O–H groups in total. The molecule has 0 bridgehead atoms. The number of hydrogen-bond donors (Lipinski definition) is 0. The third-order valence-corrected chi connectivity index (χ3v) is 4.54. The van der Waals surface area contributed by atoms with E-state index >= 15 is 0 Å². The number of unbranched alkanes of at least 4 members (excludes halogenated alkanes) is 1. The Morgan fingerprint density at radius 3 is 2.37 bits per heavy atom. The van der Waals surface area contributed by atoms with Gasteiger partial charge in [-0.3, -0.25) is 0 Å². The molecule has 0 radical (unpaired) electrons. The third kappa shape index (κ3) is 4.00. The van der Waals surface area contributed by atoms with Crippen molar-refractivity contribution in [2.24, 2.45) is 0 Å².